The van der Waals surface area contributed by atoms with Crippen molar-refractivity contribution in [2.45, 2.75) is 19.4 Å². The fourth-order valence-corrected chi connectivity index (χ4v) is 4.09. The first kappa shape index (κ1) is 21.4. The third-order valence-corrected chi connectivity index (χ3v) is 5.94. The molecule has 0 atom stereocenters. The molecule has 2 heterocycles. The SMILES string of the molecule is N=C(N)N1CC=C(c2ccc(C(=O)Nc3ccc4c(c3)CN(C(=N)N)CC4)cc2F)CC1. The summed E-state index contributed by atoms with van der Waals surface area (Å²) < 4.78 is 14.8. The van der Waals surface area contributed by atoms with E-state index in [1.165, 1.54) is 11.6 Å². The predicted molar refractivity (Wildman–Crippen MR) is 123 cm³/mol. The summed E-state index contributed by atoms with van der Waals surface area (Å²) in [5.41, 5.74) is 15.4. The number of hydrogen-bond donors (Lipinski definition) is 5. The highest BCUT2D eigenvalue weighted by Gasteiger charge is 2.19. The summed E-state index contributed by atoms with van der Waals surface area (Å²) in [5, 5.41) is 17.9. The zero-order chi connectivity index (χ0) is 22.8. The van der Waals surface area contributed by atoms with Crippen LogP contribution in [0.2, 0.25) is 0 Å². The number of nitrogens with zero attached hydrogens (tertiary/aromatic N) is 2. The Bertz CT molecular complexity index is 1130. The molecule has 2 aliphatic rings. The lowest BCUT2D eigenvalue weighted by Crippen LogP contribution is -2.40. The first-order chi connectivity index (χ1) is 15.3. The number of nitrogens with one attached hydrogen (secondary N) is 3. The standard InChI is InChI=1S/C23H26FN7O/c24-20-12-16(2-4-19(20)15-6-8-30(9-7-15)22(25)26)21(32)29-18-3-1-14-5-10-31(23(27)28)13-17(14)11-18/h1-4,6,11-12H,5,7-10,13H2,(H3,25,26)(H3,27,28)(H,29,32). The number of guanidine groups is 2. The van der Waals surface area contributed by atoms with Gasteiger partial charge in [-0.05, 0) is 53.8 Å². The number of rotatable bonds is 3. The smallest absolute Gasteiger partial charge is 0.255 e. The predicted octanol–water partition coefficient (Wildman–Crippen LogP) is 2.31. The molecule has 2 aromatic carbocycles. The number of amides is 1. The van der Waals surface area contributed by atoms with E-state index < -0.39 is 11.7 Å². The average molecular weight is 436 g/mol. The number of carbonyl (C=O) groups excluding carboxylic acids is 1. The molecule has 32 heavy (non-hydrogen) atoms. The van der Waals surface area contributed by atoms with E-state index in [1.54, 1.807) is 21.9 Å². The van der Waals surface area contributed by atoms with Gasteiger partial charge in [0.15, 0.2) is 11.9 Å². The molecule has 0 radical (unpaired) electrons. The highest BCUT2D eigenvalue weighted by atomic mass is 19.1. The Kier molecular flexibility index (Phi) is 5.81. The summed E-state index contributed by atoms with van der Waals surface area (Å²) in [6.45, 7) is 2.24. The average Bonchev–Trinajstić information content (AvgIpc) is 2.78. The molecule has 0 unspecified atom stereocenters. The van der Waals surface area contributed by atoms with Gasteiger partial charge < -0.3 is 26.6 Å². The van der Waals surface area contributed by atoms with Crippen LogP contribution in [0.5, 0.6) is 0 Å². The van der Waals surface area contributed by atoms with E-state index >= 15 is 0 Å². The molecule has 4 rings (SSSR count). The maximum Gasteiger partial charge on any atom is 0.255 e. The molecule has 0 aromatic heterocycles. The van der Waals surface area contributed by atoms with Crippen LogP contribution < -0.4 is 16.8 Å². The molecule has 9 heteroatoms. The number of benzene rings is 2. The maximum atomic E-state index is 14.8. The van der Waals surface area contributed by atoms with Crippen LogP contribution in [-0.2, 0) is 13.0 Å². The van der Waals surface area contributed by atoms with E-state index in [4.69, 9.17) is 22.3 Å². The first-order valence-electron chi connectivity index (χ1n) is 10.4. The van der Waals surface area contributed by atoms with Crippen molar-refractivity contribution in [3.8, 4) is 0 Å². The molecule has 0 fully saturated rings. The molecule has 0 saturated carbocycles. The van der Waals surface area contributed by atoms with Gasteiger partial charge in [-0.25, -0.2) is 4.39 Å². The Morgan fingerprint density at radius 3 is 2.38 bits per heavy atom. The van der Waals surface area contributed by atoms with Gasteiger partial charge in [0.25, 0.3) is 5.91 Å². The van der Waals surface area contributed by atoms with Gasteiger partial charge in [0.2, 0.25) is 0 Å². The molecule has 8 nitrogen and oxygen atoms in total. The monoisotopic (exact) mass is 435 g/mol. The molecule has 2 aliphatic heterocycles. The topological polar surface area (TPSA) is 135 Å². The fourth-order valence-electron chi connectivity index (χ4n) is 4.09. The third kappa shape index (κ3) is 4.41. The highest BCUT2D eigenvalue weighted by Crippen LogP contribution is 2.26. The van der Waals surface area contributed by atoms with Gasteiger partial charge in [-0.3, -0.25) is 15.6 Å². The lowest BCUT2D eigenvalue weighted by atomic mass is 9.97. The summed E-state index contributed by atoms with van der Waals surface area (Å²) >= 11 is 0. The fraction of sp³-hybridized carbons (Fsp3) is 0.261. The first-order valence-corrected chi connectivity index (χ1v) is 10.4. The van der Waals surface area contributed by atoms with Gasteiger partial charge in [-0.2, -0.15) is 0 Å². The van der Waals surface area contributed by atoms with Crippen LogP contribution in [0.25, 0.3) is 5.57 Å². The third-order valence-electron chi connectivity index (χ3n) is 5.94. The van der Waals surface area contributed by atoms with Crippen LogP contribution in [0.4, 0.5) is 10.1 Å². The Labute approximate surface area is 185 Å². The van der Waals surface area contributed by atoms with Crippen molar-refractivity contribution in [2.24, 2.45) is 11.5 Å². The summed E-state index contributed by atoms with van der Waals surface area (Å²) in [7, 11) is 0. The van der Waals surface area contributed by atoms with Crippen LogP contribution in [0.15, 0.2) is 42.5 Å². The number of anilines is 1. The lowest BCUT2D eigenvalue weighted by molar-refractivity contribution is 0.102. The molecule has 1 amide bonds. The normalized spacial score (nSPS) is 15.6. The highest BCUT2D eigenvalue weighted by molar-refractivity contribution is 6.04. The molecule has 0 aliphatic carbocycles. The van der Waals surface area contributed by atoms with Gasteiger partial charge in [0, 0.05) is 43.0 Å². The number of nitrogens with two attached hydrogens (primary N) is 2. The maximum absolute atomic E-state index is 14.8. The molecule has 0 saturated heterocycles. The Balaban J connectivity index is 1.47. The van der Waals surface area contributed by atoms with Crippen molar-refractivity contribution in [1.82, 2.24) is 9.80 Å². The quantitative estimate of drug-likeness (QED) is 0.372. The minimum Gasteiger partial charge on any atom is -0.370 e. The zero-order valence-electron chi connectivity index (χ0n) is 17.6. The van der Waals surface area contributed by atoms with Crippen LogP contribution in [0.1, 0.15) is 33.5 Å². The molecular weight excluding hydrogens is 409 g/mol. The van der Waals surface area contributed by atoms with Crippen LogP contribution in [-0.4, -0.2) is 47.3 Å². The summed E-state index contributed by atoms with van der Waals surface area (Å²) in [4.78, 5) is 16.2. The van der Waals surface area contributed by atoms with Crippen LogP contribution in [0, 0.1) is 16.6 Å². The van der Waals surface area contributed by atoms with Crippen LogP contribution in [0.3, 0.4) is 0 Å². The van der Waals surface area contributed by atoms with E-state index in [0.717, 1.165) is 17.6 Å². The number of fused-ring (bicyclic) bond motifs is 1. The second-order valence-electron chi connectivity index (χ2n) is 8.00. The minimum atomic E-state index is -0.456. The Hall–Kier alpha value is -3.88. The molecular formula is C23H26FN7O. The molecule has 0 bridgehead atoms. The van der Waals surface area contributed by atoms with Gasteiger partial charge in [-0.1, -0.05) is 18.2 Å². The molecule has 0 spiro atoms. The summed E-state index contributed by atoms with van der Waals surface area (Å²) in [6.07, 6.45) is 3.23. The molecule has 2 aromatic rings. The van der Waals surface area contributed by atoms with Gasteiger partial charge in [0.05, 0.1) is 0 Å². The molecule has 166 valence electrons. The van der Waals surface area contributed by atoms with Crippen molar-refractivity contribution in [3.63, 3.8) is 0 Å². The largest absolute Gasteiger partial charge is 0.370 e. The van der Waals surface area contributed by atoms with E-state index in [-0.39, 0.29) is 17.5 Å². The van der Waals surface area contributed by atoms with Gasteiger partial charge in [-0.15, -0.1) is 0 Å². The van der Waals surface area contributed by atoms with Crippen LogP contribution >= 0.6 is 0 Å². The van der Waals surface area contributed by atoms with Crippen molar-refractivity contribution >= 4 is 29.1 Å². The molecule has 7 N–H and O–H groups in total. The minimum absolute atomic E-state index is 0.00368. The zero-order valence-corrected chi connectivity index (χ0v) is 17.6. The van der Waals surface area contributed by atoms with E-state index in [2.05, 4.69) is 5.32 Å². The Morgan fingerprint density at radius 1 is 0.969 bits per heavy atom. The lowest BCUT2D eigenvalue weighted by Gasteiger charge is -2.29. The van der Waals surface area contributed by atoms with E-state index in [1.807, 2.05) is 24.3 Å². The van der Waals surface area contributed by atoms with E-state index in [0.29, 0.717) is 43.9 Å². The van der Waals surface area contributed by atoms with Crippen molar-refractivity contribution in [1.29, 1.82) is 10.8 Å². The summed E-state index contributed by atoms with van der Waals surface area (Å²) in [5.74, 6) is -0.815. The number of carbonyl (C=O) groups is 1. The second kappa shape index (κ2) is 8.70. The van der Waals surface area contributed by atoms with Crippen molar-refractivity contribution in [3.05, 3.63) is 70.5 Å². The number of halogens is 1. The van der Waals surface area contributed by atoms with E-state index in [9.17, 15) is 9.18 Å². The van der Waals surface area contributed by atoms with Gasteiger partial charge in [0.1, 0.15) is 5.82 Å². The number of hydrogen-bond acceptors (Lipinski definition) is 3. The second-order valence-corrected chi connectivity index (χ2v) is 8.00. The van der Waals surface area contributed by atoms with Gasteiger partial charge >= 0.3 is 0 Å². The van der Waals surface area contributed by atoms with Crippen molar-refractivity contribution in [2.75, 3.05) is 25.0 Å². The van der Waals surface area contributed by atoms with Crippen molar-refractivity contribution < 1.29 is 9.18 Å². The summed E-state index contributed by atoms with van der Waals surface area (Å²) in [6, 6.07) is 10.2. The Morgan fingerprint density at radius 2 is 1.72 bits per heavy atom.